The minimum Gasteiger partial charge on any atom is -0.115 e. The van der Waals surface area contributed by atoms with Crippen molar-refractivity contribution in [3.05, 3.63) is 78.9 Å². The lowest BCUT2D eigenvalue weighted by Gasteiger charge is -2.12. The highest BCUT2D eigenvalue weighted by atomic mass is 32.7. The predicted molar refractivity (Wildman–Crippen MR) is 118 cm³/mol. The van der Waals surface area contributed by atoms with Crippen LogP contribution in [0.1, 0.15) is 13.3 Å². The third-order valence-electron chi connectivity index (χ3n) is 4.61. The quantitative estimate of drug-likeness (QED) is 0.209. The van der Waals surface area contributed by atoms with Crippen LogP contribution in [-0.2, 0) is 0 Å². The number of hydrogen-bond acceptors (Lipinski definition) is 1. The Morgan fingerprint density at radius 1 is 0.769 bits per heavy atom. The third-order valence-corrected chi connectivity index (χ3v) is 8.39. The molecule has 1 unspecified atom stereocenters. The lowest BCUT2D eigenvalue weighted by Crippen LogP contribution is -2.27. The molecule has 1 nitrogen and oxygen atoms in total. The first-order valence-electron chi connectivity index (χ1n) is 9.10. The van der Waals surface area contributed by atoms with Gasteiger partial charge in [-0.1, -0.05) is 67.9 Å². The van der Waals surface area contributed by atoms with Crippen molar-refractivity contribution in [2.24, 2.45) is 0 Å². The number of fused-ring (bicyclic) bond motifs is 2. The Morgan fingerprint density at radius 3 is 1.88 bits per heavy atom. The molecular formula is C23H23NPS+. The number of para-hydroxylation sites is 2. The van der Waals surface area contributed by atoms with Gasteiger partial charge in [-0.05, 0) is 30.5 Å². The van der Waals surface area contributed by atoms with E-state index in [0.29, 0.717) is 0 Å². The number of rotatable bonds is 5. The summed E-state index contributed by atoms with van der Waals surface area (Å²) in [6.07, 6.45) is 2.53. The van der Waals surface area contributed by atoms with Crippen LogP contribution in [0.25, 0.3) is 32.9 Å². The molecule has 4 aromatic rings. The van der Waals surface area contributed by atoms with E-state index in [-0.39, 0.29) is 7.12 Å². The van der Waals surface area contributed by atoms with E-state index in [0.717, 1.165) is 0 Å². The number of aromatic nitrogens is 1. The first-order valence-corrected chi connectivity index (χ1v) is 12.5. The van der Waals surface area contributed by atoms with Crippen molar-refractivity contribution >= 4 is 40.5 Å². The van der Waals surface area contributed by atoms with Crippen molar-refractivity contribution in [1.29, 1.82) is 0 Å². The van der Waals surface area contributed by atoms with Gasteiger partial charge in [-0.2, -0.15) is 0 Å². The second kappa shape index (κ2) is 7.78. The van der Waals surface area contributed by atoms with Crippen molar-refractivity contribution in [3.63, 3.8) is 0 Å². The van der Waals surface area contributed by atoms with Gasteiger partial charge in [0, 0.05) is 24.8 Å². The Kier molecular flexibility index (Phi) is 5.24. The molecule has 0 N–H and O–H groups in total. The molecule has 1 heterocycles. The average molecular weight is 376 g/mol. The number of hydrogen-bond donors (Lipinski definition) is 0. The predicted octanol–water partition coefficient (Wildman–Crippen LogP) is 6.88. The van der Waals surface area contributed by atoms with Crippen LogP contribution in [0.3, 0.4) is 0 Å². The largest absolute Gasteiger partial charge is 0.227 e. The fourth-order valence-electron chi connectivity index (χ4n) is 3.50. The van der Waals surface area contributed by atoms with Gasteiger partial charge in [-0.25, -0.2) is 0 Å². The summed E-state index contributed by atoms with van der Waals surface area (Å²) in [4.78, 5) is 0. The van der Waals surface area contributed by atoms with Crippen LogP contribution in [0.2, 0.25) is 0 Å². The Bertz CT molecular complexity index is 989. The van der Waals surface area contributed by atoms with Gasteiger partial charge in [0.1, 0.15) is 0 Å². The van der Waals surface area contributed by atoms with Crippen LogP contribution >= 0.6 is 18.7 Å². The van der Waals surface area contributed by atoms with E-state index in [4.69, 9.17) is 0 Å². The van der Waals surface area contributed by atoms with Gasteiger partial charge < -0.3 is 0 Å². The smallest absolute Gasteiger partial charge is 0.115 e. The molecule has 0 aliphatic rings. The maximum Gasteiger partial charge on any atom is 0.227 e. The molecule has 0 amide bonds. The second-order valence-corrected chi connectivity index (χ2v) is 11.1. The monoisotopic (exact) mass is 376 g/mol. The number of benzene rings is 3. The second-order valence-electron chi connectivity index (χ2n) is 6.50. The molecule has 3 aromatic carbocycles. The Morgan fingerprint density at radius 2 is 1.31 bits per heavy atom. The van der Waals surface area contributed by atoms with Gasteiger partial charge in [0.25, 0.3) is 0 Å². The summed E-state index contributed by atoms with van der Waals surface area (Å²) in [6.45, 7) is 4.67. The zero-order chi connectivity index (χ0) is 17.9. The van der Waals surface area contributed by atoms with Crippen LogP contribution in [0, 0.1) is 0 Å². The fraction of sp³-hybridized carbons (Fsp3) is 0.174. The summed E-state index contributed by atoms with van der Waals surface area (Å²) >= 11 is 2.01. The van der Waals surface area contributed by atoms with Gasteiger partial charge in [0.05, 0.1) is 10.8 Å². The average Bonchev–Trinajstić information content (AvgIpc) is 2.69. The molecule has 4 rings (SSSR count). The van der Waals surface area contributed by atoms with Gasteiger partial charge in [0.2, 0.25) is 11.0 Å². The molecule has 26 heavy (non-hydrogen) atoms. The molecule has 0 spiro atoms. The third kappa shape index (κ3) is 3.24. The first-order chi connectivity index (χ1) is 12.8. The Labute approximate surface area is 160 Å². The van der Waals surface area contributed by atoms with Crippen LogP contribution in [0.15, 0.2) is 78.9 Å². The molecule has 3 heteroatoms. The number of pyridine rings is 1. The highest BCUT2D eigenvalue weighted by Gasteiger charge is 2.23. The molecule has 0 saturated carbocycles. The van der Waals surface area contributed by atoms with E-state index in [1.165, 1.54) is 45.5 Å². The molecule has 0 saturated heterocycles. The topological polar surface area (TPSA) is 3.88 Å². The zero-order valence-electron chi connectivity index (χ0n) is 15.2. The minimum absolute atomic E-state index is 0.0876. The van der Waals surface area contributed by atoms with Gasteiger partial charge >= 0.3 is 0 Å². The van der Waals surface area contributed by atoms with Crippen molar-refractivity contribution < 1.29 is 3.97 Å². The summed E-state index contributed by atoms with van der Waals surface area (Å²) < 4.78 is 2.47. The molecule has 1 aromatic heterocycles. The molecule has 0 fully saturated rings. The summed E-state index contributed by atoms with van der Waals surface area (Å²) in [5.74, 6) is 0. The van der Waals surface area contributed by atoms with Crippen LogP contribution < -0.4 is 3.97 Å². The van der Waals surface area contributed by atoms with Crippen molar-refractivity contribution in [2.75, 3.05) is 12.8 Å². The molecular weight excluding hydrogens is 353 g/mol. The summed E-state index contributed by atoms with van der Waals surface area (Å²) in [5.41, 5.74) is 5.23. The maximum atomic E-state index is 2.47. The molecule has 1 atom stereocenters. The van der Waals surface area contributed by atoms with E-state index >= 15 is 0 Å². The summed E-state index contributed by atoms with van der Waals surface area (Å²) in [7, 11) is -0.0876. The molecule has 0 radical (unpaired) electrons. The number of nitrogens with zero attached hydrogens (tertiary/aromatic N) is 1. The van der Waals surface area contributed by atoms with E-state index in [2.05, 4.69) is 96.4 Å². The lowest BCUT2D eigenvalue weighted by atomic mass is 9.96. The van der Waals surface area contributed by atoms with E-state index in [1.54, 1.807) is 0 Å². The fourth-order valence-corrected chi connectivity index (χ4v) is 7.14. The van der Waals surface area contributed by atoms with Gasteiger partial charge in [0.15, 0.2) is 11.6 Å². The molecule has 0 aliphatic heterocycles. The SMILES string of the molecule is CCCP(C)S[n+]1c2ccccc2c(-c2ccccc2)c2ccccc21. The molecule has 130 valence electrons. The Hall–Kier alpha value is -1.89. The van der Waals surface area contributed by atoms with Crippen molar-refractivity contribution in [2.45, 2.75) is 13.3 Å². The molecule has 0 bridgehead atoms. The minimum atomic E-state index is -0.0876. The lowest BCUT2D eigenvalue weighted by molar-refractivity contribution is -0.428. The van der Waals surface area contributed by atoms with Crippen LogP contribution in [0.4, 0.5) is 0 Å². The Balaban J connectivity index is 2.07. The summed E-state index contributed by atoms with van der Waals surface area (Å²) in [6, 6.07) is 28.4. The zero-order valence-corrected chi connectivity index (χ0v) is 16.9. The highest BCUT2D eigenvalue weighted by Crippen LogP contribution is 2.46. The normalized spacial score (nSPS) is 12.5. The van der Waals surface area contributed by atoms with Crippen molar-refractivity contribution in [3.8, 4) is 11.1 Å². The van der Waals surface area contributed by atoms with Crippen molar-refractivity contribution in [1.82, 2.24) is 0 Å². The van der Waals surface area contributed by atoms with E-state index in [1.807, 2.05) is 11.6 Å². The highest BCUT2D eigenvalue weighted by molar-refractivity contribution is 8.52. The van der Waals surface area contributed by atoms with Gasteiger partial charge in [-0.3, -0.25) is 0 Å². The van der Waals surface area contributed by atoms with Crippen LogP contribution in [-0.4, -0.2) is 12.8 Å². The molecule has 0 aliphatic carbocycles. The van der Waals surface area contributed by atoms with E-state index in [9.17, 15) is 0 Å². The standard InChI is InChI=1S/C23H23NPS/c1-3-17-25(2)26-24-21-15-9-7-13-19(21)23(18-11-5-4-6-12-18)20-14-8-10-16-22(20)24/h4-16H,3,17H2,1-2H3/q+1. The van der Waals surface area contributed by atoms with Crippen LogP contribution in [0.5, 0.6) is 0 Å². The van der Waals surface area contributed by atoms with Gasteiger partial charge in [-0.15, -0.1) is 3.97 Å². The first kappa shape index (κ1) is 17.5. The maximum absolute atomic E-state index is 2.47. The van der Waals surface area contributed by atoms with E-state index < -0.39 is 0 Å². The summed E-state index contributed by atoms with van der Waals surface area (Å²) in [5, 5.41) is 2.65.